The van der Waals surface area contributed by atoms with Crippen molar-refractivity contribution < 1.29 is 9.47 Å². The minimum absolute atomic E-state index is 0.303. The molecule has 0 aromatic heterocycles. The zero-order valence-electron chi connectivity index (χ0n) is 15.2. The van der Waals surface area contributed by atoms with Crippen LogP contribution in [0.4, 0.5) is 0 Å². The molecule has 138 valence electrons. The Kier molecular flexibility index (Phi) is 5.41. The van der Waals surface area contributed by atoms with E-state index in [0.717, 1.165) is 39.1 Å². The van der Waals surface area contributed by atoms with Gasteiger partial charge in [0.25, 0.3) is 0 Å². The summed E-state index contributed by atoms with van der Waals surface area (Å²) in [5.41, 5.74) is 10.8. The lowest BCUT2D eigenvalue weighted by Gasteiger charge is -2.35. The number of ether oxygens (including phenoxy) is 2. The molecule has 4 fully saturated rings. The summed E-state index contributed by atoms with van der Waals surface area (Å²) in [4.78, 5) is 0. The third-order valence-corrected chi connectivity index (χ3v) is 6.55. The van der Waals surface area contributed by atoms with Gasteiger partial charge in [0.05, 0.1) is 12.2 Å². The van der Waals surface area contributed by atoms with Gasteiger partial charge in [-0.1, -0.05) is 0 Å². The van der Waals surface area contributed by atoms with Crippen LogP contribution < -0.4 is 16.3 Å². The van der Waals surface area contributed by atoms with Crippen LogP contribution in [0.25, 0.3) is 0 Å². The smallest absolute Gasteiger partial charge is 0.0583 e. The van der Waals surface area contributed by atoms with Crippen LogP contribution in [0.5, 0.6) is 0 Å². The molecule has 3 aliphatic heterocycles. The first kappa shape index (κ1) is 17.2. The molecule has 6 heteroatoms. The van der Waals surface area contributed by atoms with E-state index >= 15 is 0 Å². The van der Waals surface area contributed by atoms with E-state index in [1.165, 1.54) is 19.3 Å². The van der Waals surface area contributed by atoms with E-state index in [-0.39, 0.29) is 0 Å². The summed E-state index contributed by atoms with van der Waals surface area (Å²) in [5.74, 6) is 1.36. The van der Waals surface area contributed by atoms with E-state index in [0.29, 0.717) is 42.2 Å². The van der Waals surface area contributed by atoms with Gasteiger partial charge >= 0.3 is 0 Å². The van der Waals surface area contributed by atoms with E-state index in [9.17, 15) is 0 Å². The Hall–Kier alpha value is -0.240. The highest BCUT2D eigenvalue weighted by Crippen LogP contribution is 2.36. The molecule has 0 amide bonds. The lowest BCUT2D eigenvalue weighted by molar-refractivity contribution is -0.0486. The monoisotopic (exact) mass is 338 g/mol. The standard InChI is InChI=1S/C18H34N4O2/c1-12-5-7-23-8-6-13(2)24-15-3-4-17-16(9-15)18(21-20-17)14-10-19-22(12)11-14/h12-21H,3-11H2,1-2H3/t12-,13-,14?,15?,16?,17?,18?/m1/s1. The highest BCUT2D eigenvalue weighted by molar-refractivity contribution is 5.00. The molecule has 4 aliphatic rings. The number of hydrogen-bond acceptors (Lipinski definition) is 6. The van der Waals surface area contributed by atoms with Crippen molar-refractivity contribution in [2.45, 2.75) is 76.3 Å². The lowest BCUT2D eigenvalue weighted by atomic mass is 9.76. The molecule has 1 saturated carbocycles. The van der Waals surface area contributed by atoms with E-state index in [4.69, 9.17) is 9.47 Å². The fourth-order valence-corrected chi connectivity index (χ4v) is 4.99. The van der Waals surface area contributed by atoms with Gasteiger partial charge in [-0.2, -0.15) is 0 Å². The van der Waals surface area contributed by atoms with Crippen molar-refractivity contribution in [3.8, 4) is 0 Å². The minimum Gasteiger partial charge on any atom is -0.381 e. The van der Waals surface area contributed by atoms with Gasteiger partial charge < -0.3 is 9.47 Å². The Balaban J connectivity index is 1.47. The van der Waals surface area contributed by atoms with Crippen molar-refractivity contribution in [1.29, 1.82) is 0 Å². The third-order valence-electron chi connectivity index (χ3n) is 6.55. The first-order valence-electron chi connectivity index (χ1n) is 9.95. The average Bonchev–Trinajstić information content (AvgIpc) is 3.19. The van der Waals surface area contributed by atoms with Gasteiger partial charge in [0, 0.05) is 50.3 Å². The number of rotatable bonds is 0. The number of fused-ring (bicyclic) bond motifs is 4. The summed E-state index contributed by atoms with van der Waals surface area (Å²) < 4.78 is 12.2. The molecule has 24 heavy (non-hydrogen) atoms. The second-order valence-corrected chi connectivity index (χ2v) is 8.28. The molecule has 3 heterocycles. The van der Waals surface area contributed by atoms with Crippen LogP contribution in [0.2, 0.25) is 0 Å². The molecule has 6 unspecified atom stereocenters. The Morgan fingerprint density at radius 3 is 2.79 bits per heavy atom. The van der Waals surface area contributed by atoms with Gasteiger partial charge in [-0.05, 0) is 51.9 Å². The number of nitrogens with one attached hydrogen (secondary N) is 3. The van der Waals surface area contributed by atoms with Gasteiger partial charge in [-0.15, -0.1) is 0 Å². The zero-order chi connectivity index (χ0) is 16.5. The van der Waals surface area contributed by atoms with Crippen LogP contribution in [-0.2, 0) is 9.47 Å². The van der Waals surface area contributed by atoms with Crippen LogP contribution in [-0.4, -0.2) is 61.6 Å². The molecule has 4 rings (SSSR count). The molecule has 0 radical (unpaired) electrons. The summed E-state index contributed by atoms with van der Waals surface area (Å²) in [6.07, 6.45) is 6.40. The molecule has 0 aromatic rings. The molecule has 4 bridgehead atoms. The topological polar surface area (TPSA) is 57.8 Å². The Morgan fingerprint density at radius 1 is 1.00 bits per heavy atom. The maximum absolute atomic E-state index is 6.36. The molecule has 0 spiro atoms. The Labute approximate surface area is 145 Å². The van der Waals surface area contributed by atoms with Crippen molar-refractivity contribution in [2.24, 2.45) is 11.8 Å². The molecule has 3 saturated heterocycles. The average molecular weight is 338 g/mol. The minimum atomic E-state index is 0.303. The van der Waals surface area contributed by atoms with Gasteiger partial charge in [-0.25, -0.2) is 5.01 Å². The Bertz CT molecular complexity index is 424. The van der Waals surface area contributed by atoms with Crippen LogP contribution in [0, 0.1) is 11.8 Å². The molecular formula is C18H34N4O2. The number of hydrogen-bond donors (Lipinski definition) is 3. The summed E-state index contributed by atoms with van der Waals surface area (Å²) >= 11 is 0. The first-order chi connectivity index (χ1) is 11.7. The van der Waals surface area contributed by atoms with Crippen molar-refractivity contribution >= 4 is 0 Å². The van der Waals surface area contributed by atoms with Crippen LogP contribution in [0.15, 0.2) is 0 Å². The number of nitrogens with zero attached hydrogens (tertiary/aromatic N) is 1. The van der Waals surface area contributed by atoms with Gasteiger partial charge in [0.15, 0.2) is 0 Å². The van der Waals surface area contributed by atoms with E-state index in [1.807, 2.05) is 0 Å². The fourth-order valence-electron chi connectivity index (χ4n) is 4.99. The highest BCUT2D eigenvalue weighted by atomic mass is 16.5. The second kappa shape index (κ2) is 7.56. The second-order valence-electron chi connectivity index (χ2n) is 8.28. The highest BCUT2D eigenvalue weighted by Gasteiger charge is 2.45. The normalized spacial score (nSPS) is 50.2. The molecule has 3 N–H and O–H groups in total. The summed E-state index contributed by atoms with van der Waals surface area (Å²) in [6.45, 7) is 8.38. The van der Waals surface area contributed by atoms with Gasteiger partial charge in [0.2, 0.25) is 0 Å². The van der Waals surface area contributed by atoms with E-state index in [2.05, 4.69) is 35.1 Å². The zero-order valence-corrected chi connectivity index (χ0v) is 15.2. The van der Waals surface area contributed by atoms with Crippen molar-refractivity contribution in [1.82, 2.24) is 21.3 Å². The molecule has 8 atom stereocenters. The van der Waals surface area contributed by atoms with Crippen molar-refractivity contribution in [3.05, 3.63) is 0 Å². The lowest BCUT2D eigenvalue weighted by Crippen LogP contribution is -2.43. The summed E-state index contributed by atoms with van der Waals surface area (Å²) in [7, 11) is 0. The molecule has 6 nitrogen and oxygen atoms in total. The predicted octanol–water partition coefficient (Wildman–Crippen LogP) is 1.04. The van der Waals surface area contributed by atoms with E-state index < -0.39 is 0 Å². The maximum atomic E-state index is 6.36. The SMILES string of the molecule is C[C@@H]1CCOCC[C@@H](C)N2CC(CN2)C2NNC3CCC(CC32)O1. The van der Waals surface area contributed by atoms with E-state index in [1.54, 1.807) is 0 Å². The van der Waals surface area contributed by atoms with Crippen LogP contribution in [0.3, 0.4) is 0 Å². The first-order valence-corrected chi connectivity index (χ1v) is 9.95. The number of hydrazine groups is 2. The third kappa shape index (κ3) is 3.64. The maximum Gasteiger partial charge on any atom is 0.0583 e. The Morgan fingerprint density at radius 2 is 1.88 bits per heavy atom. The van der Waals surface area contributed by atoms with Crippen molar-refractivity contribution in [3.63, 3.8) is 0 Å². The molecular weight excluding hydrogens is 304 g/mol. The van der Waals surface area contributed by atoms with Crippen molar-refractivity contribution in [2.75, 3.05) is 26.3 Å². The largest absolute Gasteiger partial charge is 0.381 e. The van der Waals surface area contributed by atoms with Crippen LogP contribution >= 0.6 is 0 Å². The summed E-state index contributed by atoms with van der Waals surface area (Å²) in [6, 6.07) is 1.71. The molecule has 1 aliphatic carbocycles. The molecule has 0 aromatic carbocycles. The van der Waals surface area contributed by atoms with Crippen LogP contribution in [0.1, 0.15) is 46.0 Å². The fraction of sp³-hybridized carbons (Fsp3) is 1.00. The predicted molar refractivity (Wildman–Crippen MR) is 93.2 cm³/mol. The van der Waals surface area contributed by atoms with Gasteiger partial charge in [0.1, 0.15) is 0 Å². The quantitative estimate of drug-likeness (QED) is 0.614. The van der Waals surface area contributed by atoms with Gasteiger partial charge in [-0.3, -0.25) is 16.3 Å². The summed E-state index contributed by atoms with van der Waals surface area (Å²) in [5, 5.41) is 2.43.